The molecule has 0 unspecified atom stereocenters. The van der Waals surface area contributed by atoms with E-state index in [2.05, 4.69) is 15.6 Å². The van der Waals surface area contributed by atoms with Gasteiger partial charge in [0.25, 0.3) is 0 Å². The standard InChI is InChI=1S/C13H12F3N3O/c1-17-12-8(15)6-9(16)13(19-12)18-10-4-3-7(14)5-11(10)20-2/h3-6H,1-2H3,(H2,17,18,19). The minimum Gasteiger partial charge on any atom is -0.494 e. The van der Waals surface area contributed by atoms with Gasteiger partial charge in [0, 0.05) is 19.2 Å². The Bertz CT molecular complexity index is 634. The van der Waals surface area contributed by atoms with Crippen molar-refractivity contribution < 1.29 is 17.9 Å². The molecule has 0 aliphatic rings. The highest BCUT2D eigenvalue weighted by molar-refractivity contribution is 5.65. The molecule has 2 N–H and O–H groups in total. The molecule has 4 nitrogen and oxygen atoms in total. The molecule has 0 aliphatic carbocycles. The molecule has 106 valence electrons. The van der Waals surface area contributed by atoms with Crippen LogP contribution in [0, 0.1) is 17.5 Å². The molecule has 7 heteroatoms. The van der Waals surface area contributed by atoms with Crippen molar-refractivity contribution >= 4 is 17.3 Å². The van der Waals surface area contributed by atoms with Gasteiger partial charge in [0.15, 0.2) is 23.3 Å². The molecule has 0 spiro atoms. The number of pyridine rings is 1. The third kappa shape index (κ3) is 2.76. The van der Waals surface area contributed by atoms with Crippen LogP contribution in [0.1, 0.15) is 0 Å². The number of halogens is 3. The first-order valence-corrected chi connectivity index (χ1v) is 5.69. The minimum atomic E-state index is -0.868. The molecule has 0 aliphatic heterocycles. The van der Waals surface area contributed by atoms with Crippen molar-refractivity contribution in [2.75, 3.05) is 24.8 Å². The molecule has 20 heavy (non-hydrogen) atoms. The van der Waals surface area contributed by atoms with Crippen molar-refractivity contribution in [3.05, 3.63) is 41.7 Å². The second-order valence-corrected chi connectivity index (χ2v) is 3.87. The van der Waals surface area contributed by atoms with Crippen molar-refractivity contribution in [1.82, 2.24) is 4.98 Å². The van der Waals surface area contributed by atoms with Crippen molar-refractivity contribution in [2.45, 2.75) is 0 Å². The van der Waals surface area contributed by atoms with Crippen LogP contribution in [0.25, 0.3) is 0 Å². The maximum absolute atomic E-state index is 13.7. The lowest BCUT2D eigenvalue weighted by Gasteiger charge is -2.12. The third-order valence-electron chi connectivity index (χ3n) is 2.58. The van der Waals surface area contributed by atoms with E-state index < -0.39 is 17.5 Å². The highest BCUT2D eigenvalue weighted by Crippen LogP contribution is 2.29. The Hall–Kier alpha value is -2.44. The minimum absolute atomic E-state index is 0.102. The summed E-state index contributed by atoms with van der Waals surface area (Å²) in [5.74, 6) is -2.28. The fourth-order valence-corrected chi connectivity index (χ4v) is 1.63. The number of methoxy groups -OCH3 is 1. The maximum atomic E-state index is 13.7. The van der Waals surface area contributed by atoms with Gasteiger partial charge in [-0.3, -0.25) is 0 Å². The number of rotatable bonds is 4. The number of hydrogen-bond acceptors (Lipinski definition) is 4. The maximum Gasteiger partial charge on any atom is 0.169 e. The normalized spacial score (nSPS) is 10.2. The lowest BCUT2D eigenvalue weighted by Crippen LogP contribution is -2.04. The number of benzene rings is 1. The Morgan fingerprint density at radius 3 is 2.40 bits per heavy atom. The molecule has 0 amide bonds. The van der Waals surface area contributed by atoms with Gasteiger partial charge in [0.2, 0.25) is 0 Å². The summed E-state index contributed by atoms with van der Waals surface area (Å²) in [5, 5.41) is 5.14. The van der Waals surface area contributed by atoms with Crippen molar-refractivity contribution in [3.63, 3.8) is 0 Å². The molecule has 0 saturated heterocycles. The molecule has 1 heterocycles. The number of nitrogens with one attached hydrogen (secondary N) is 2. The summed E-state index contributed by atoms with van der Waals surface area (Å²) in [6.45, 7) is 0. The van der Waals surface area contributed by atoms with Gasteiger partial charge in [0.1, 0.15) is 11.6 Å². The van der Waals surface area contributed by atoms with E-state index in [-0.39, 0.29) is 17.4 Å². The lowest BCUT2D eigenvalue weighted by atomic mass is 10.2. The zero-order chi connectivity index (χ0) is 14.7. The van der Waals surface area contributed by atoms with Gasteiger partial charge >= 0.3 is 0 Å². The lowest BCUT2D eigenvalue weighted by molar-refractivity contribution is 0.413. The van der Waals surface area contributed by atoms with Crippen LogP contribution in [-0.4, -0.2) is 19.1 Å². The van der Waals surface area contributed by atoms with E-state index in [9.17, 15) is 13.2 Å². The zero-order valence-electron chi connectivity index (χ0n) is 10.8. The number of aromatic nitrogens is 1. The van der Waals surface area contributed by atoms with Crippen LogP contribution in [-0.2, 0) is 0 Å². The van der Waals surface area contributed by atoms with Gasteiger partial charge in [-0.2, -0.15) is 0 Å². The Kier molecular flexibility index (Phi) is 3.97. The number of hydrogen-bond donors (Lipinski definition) is 2. The highest BCUT2D eigenvalue weighted by atomic mass is 19.1. The van der Waals surface area contributed by atoms with E-state index in [1.807, 2.05) is 0 Å². The van der Waals surface area contributed by atoms with Crippen LogP contribution < -0.4 is 15.4 Å². The quantitative estimate of drug-likeness (QED) is 0.904. The van der Waals surface area contributed by atoms with Gasteiger partial charge in [-0.15, -0.1) is 0 Å². The monoisotopic (exact) mass is 283 g/mol. The molecule has 0 atom stereocenters. The average molecular weight is 283 g/mol. The van der Waals surface area contributed by atoms with E-state index in [4.69, 9.17) is 4.74 Å². The van der Waals surface area contributed by atoms with Gasteiger partial charge in [-0.05, 0) is 12.1 Å². The second-order valence-electron chi connectivity index (χ2n) is 3.87. The third-order valence-corrected chi connectivity index (χ3v) is 2.58. The predicted octanol–water partition coefficient (Wildman–Crippen LogP) is 3.29. The van der Waals surface area contributed by atoms with E-state index in [1.54, 1.807) is 0 Å². The molecule has 2 rings (SSSR count). The molecule has 2 aromatic rings. The van der Waals surface area contributed by atoms with Crippen LogP contribution in [0.3, 0.4) is 0 Å². The zero-order valence-corrected chi connectivity index (χ0v) is 10.8. The van der Waals surface area contributed by atoms with E-state index >= 15 is 0 Å². The van der Waals surface area contributed by atoms with Gasteiger partial charge in [0.05, 0.1) is 12.8 Å². The predicted molar refractivity (Wildman–Crippen MR) is 69.9 cm³/mol. The fraction of sp³-hybridized carbons (Fsp3) is 0.154. The largest absolute Gasteiger partial charge is 0.494 e. The van der Waals surface area contributed by atoms with E-state index in [1.165, 1.54) is 26.3 Å². The molecule has 0 bridgehead atoms. The first kappa shape index (κ1) is 14.0. The Morgan fingerprint density at radius 2 is 1.75 bits per heavy atom. The molecule has 0 fully saturated rings. The number of nitrogens with zero attached hydrogens (tertiary/aromatic N) is 1. The Morgan fingerprint density at radius 1 is 1.05 bits per heavy atom. The summed E-state index contributed by atoms with van der Waals surface area (Å²) < 4.78 is 45.0. The smallest absolute Gasteiger partial charge is 0.169 e. The fourth-order valence-electron chi connectivity index (χ4n) is 1.63. The van der Waals surface area contributed by atoms with Crippen LogP contribution >= 0.6 is 0 Å². The van der Waals surface area contributed by atoms with Gasteiger partial charge in [-0.1, -0.05) is 0 Å². The summed E-state index contributed by atoms with van der Waals surface area (Å²) >= 11 is 0. The van der Waals surface area contributed by atoms with Crippen LogP contribution in [0.15, 0.2) is 24.3 Å². The highest BCUT2D eigenvalue weighted by Gasteiger charge is 2.13. The molecule has 1 aromatic heterocycles. The average Bonchev–Trinajstić information content (AvgIpc) is 2.43. The van der Waals surface area contributed by atoms with Crippen LogP contribution in [0.4, 0.5) is 30.5 Å². The summed E-state index contributed by atoms with van der Waals surface area (Å²) in [6.07, 6.45) is 0. The summed E-state index contributed by atoms with van der Waals surface area (Å²) in [5.41, 5.74) is 0.314. The molecular weight excluding hydrogens is 271 g/mol. The molecule has 0 radical (unpaired) electrons. The van der Waals surface area contributed by atoms with E-state index in [0.29, 0.717) is 11.8 Å². The first-order valence-electron chi connectivity index (χ1n) is 5.69. The van der Waals surface area contributed by atoms with Crippen molar-refractivity contribution in [3.8, 4) is 5.75 Å². The van der Waals surface area contributed by atoms with E-state index in [0.717, 1.165) is 6.07 Å². The van der Waals surface area contributed by atoms with Crippen LogP contribution in [0.2, 0.25) is 0 Å². The summed E-state index contributed by atoms with van der Waals surface area (Å²) in [6, 6.07) is 4.41. The number of ether oxygens (including phenoxy) is 1. The Labute approximate surface area is 113 Å². The Balaban J connectivity index is 2.39. The molecule has 1 aromatic carbocycles. The SMILES string of the molecule is CNc1nc(Nc2ccc(F)cc2OC)c(F)cc1F. The molecular formula is C13H12F3N3O. The summed E-state index contributed by atoms with van der Waals surface area (Å²) in [7, 11) is 2.82. The van der Waals surface area contributed by atoms with Gasteiger partial charge < -0.3 is 15.4 Å². The summed E-state index contributed by atoms with van der Waals surface area (Å²) in [4.78, 5) is 3.76. The molecule has 0 saturated carbocycles. The van der Waals surface area contributed by atoms with Gasteiger partial charge in [-0.25, -0.2) is 18.2 Å². The first-order chi connectivity index (χ1) is 9.55. The van der Waals surface area contributed by atoms with Crippen molar-refractivity contribution in [1.29, 1.82) is 0 Å². The number of anilines is 3. The van der Waals surface area contributed by atoms with Crippen LogP contribution in [0.5, 0.6) is 5.75 Å². The second kappa shape index (κ2) is 5.68. The van der Waals surface area contributed by atoms with Crippen molar-refractivity contribution in [2.24, 2.45) is 0 Å². The topological polar surface area (TPSA) is 46.2 Å².